The maximum atomic E-state index is 5.73. The van der Waals surface area contributed by atoms with E-state index in [1.165, 1.54) is 25.3 Å². The highest BCUT2D eigenvalue weighted by Crippen LogP contribution is 2.20. The van der Waals surface area contributed by atoms with E-state index in [0.717, 1.165) is 0 Å². The van der Waals surface area contributed by atoms with Gasteiger partial charge in [0.25, 0.3) is 0 Å². The van der Waals surface area contributed by atoms with Crippen molar-refractivity contribution < 1.29 is 0 Å². The molecular formula is C11H10N12S. The van der Waals surface area contributed by atoms with Crippen molar-refractivity contribution in [3.8, 4) is 0 Å². The lowest BCUT2D eigenvalue weighted by Gasteiger charge is -2.24. The molecule has 0 aliphatic rings. The molecule has 0 radical (unpaired) electrons. The number of aromatic nitrogens is 12. The number of hydrogen-bond donors (Lipinski definition) is 0. The smallest absolute Gasteiger partial charge is 0.182 e. The van der Waals surface area contributed by atoms with Gasteiger partial charge in [0.2, 0.25) is 0 Å². The van der Waals surface area contributed by atoms with Crippen molar-refractivity contribution in [1.29, 1.82) is 0 Å². The summed E-state index contributed by atoms with van der Waals surface area (Å²) in [5.74, 6) is 0. The van der Waals surface area contributed by atoms with E-state index < -0.39 is 12.3 Å². The highest BCUT2D eigenvalue weighted by molar-refractivity contribution is 7.80. The quantitative estimate of drug-likeness (QED) is 0.415. The Morgan fingerprint density at radius 2 is 0.875 bits per heavy atom. The topological polar surface area (TPSA) is 123 Å². The summed E-state index contributed by atoms with van der Waals surface area (Å²) in [6.45, 7) is 0. The standard InChI is InChI=1S/C11H10N12S/c24-9(10(20-5-12-1-16-20)21-6-13-2-17-21)11(22-7-14-3-18-22)23-8-15-4-19-23/h1-8,10-11H. The van der Waals surface area contributed by atoms with Crippen LogP contribution in [0.15, 0.2) is 50.6 Å². The first kappa shape index (κ1) is 14.3. The molecule has 4 rings (SSSR count). The van der Waals surface area contributed by atoms with Gasteiger partial charge in [0.05, 0.1) is 4.86 Å². The average molecular weight is 342 g/mol. The zero-order valence-electron chi connectivity index (χ0n) is 12.0. The first-order valence-corrected chi connectivity index (χ1v) is 7.15. The van der Waals surface area contributed by atoms with Gasteiger partial charge in [-0.2, -0.15) is 20.4 Å². The minimum absolute atomic E-state index is 0.502. The molecular weight excluding hydrogens is 332 g/mol. The van der Waals surface area contributed by atoms with Crippen LogP contribution in [0.2, 0.25) is 0 Å². The molecule has 0 aliphatic heterocycles. The minimum atomic E-state index is -0.552. The molecule has 0 saturated heterocycles. The van der Waals surface area contributed by atoms with E-state index in [-0.39, 0.29) is 0 Å². The zero-order valence-corrected chi connectivity index (χ0v) is 12.9. The van der Waals surface area contributed by atoms with Crippen LogP contribution in [-0.4, -0.2) is 63.9 Å². The monoisotopic (exact) mass is 342 g/mol. The van der Waals surface area contributed by atoms with Gasteiger partial charge in [-0.05, 0) is 0 Å². The van der Waals surface area contributed by atoms with Gasteiger partial charge in [-0.1, -0.05) is 12.2 Å². The summed E-state index contributed by atoms with van der Waals surface area (Å²) in [6, 6.07) is 0. The van der Waals surface area contributed by atoms with Crippen LogP contribution in [0.25, 0.3) is 0 Å². The van der Waals surface area contributed by atoms with Crippen LogP contribution < -0.4 is 0 Å². The fourth-order valence-corrected chi connectivity index (χ4v) is 2.70. The third-order valence-electron chi connectivity index (χ3n) is 3.26. The first-order valence-electron chi connectivity index (χ1n) is 6.75. The predicted octanol–water partition coefficient (Wildman–Crippen LogP) is -0.784. The van der Waals surface area contributed by atoms with Gasteiger partial charge in [0, 0.05) is 0 Å². The van der Waals surface area contributed by atoms with Gasteiger partial charge >= 0.3 is 0 Å². The van der Waals surface area contributed by atoms with E-state index in [4.69, 9.17) is 12.2 Å². The number of nitrogens with zero attached hydrogens (tertiary/aromatic N) is 12. The summed E-state index contributed by atoms with van der Waals surface area (Å²) in [7, 11) is 0. The van der Waals surface area contributed by atoms with Crippen LogP contribution in [0.4, 0.5) is 0 Å². The Morgan fingerprint density at radius 3 is 1.08 bits per heavy atom. The van der Waals surface area contributed by atoms with Crippen LogP contribution in [0.5, 0.6) is 0 Å². The van der Waals surface area contributed by atoms with Gasteiger partial charge in [0.15, 0.2) is 12.3 Å². The fraction of sp³-hybridized carbons (Fsp3) is 0.182. The van der Waals surface area contributed by atoms with E-state index in [0.29, 0.717) is 4.86 Å². The number of thiocarbonyl (C=S) groups is 1. The second-order valence-corrected chi connectivity index (χ2v) is 5.12. The first-order chi connectivity index (χ1) is 11.8. The summed E-state index contributed by atoms with van der Waals surface area (Å²) in [6.07, 6.45) is 10.8. The molecule has 0 fully saturated rings. The Hall–Kier alpha value is -3.35. The molecule has 120 valence electrons. The van der Waals surface area contributed by atoms with Crippen molar-refractivity contribution in [2.24, 2.45) is 0 Å². The van der Waals surface area contributed by atoms with Crippen molar-refractivity contribution in [1.82, 2.24) is 59.1 Å². The van der Waals surface area contributed by atoms with Crippen LogP contribution in [0.3, 0.4) is 0 Å². The minimum Gasteiger partial charge on any atom is -0.223 e. The van der Waals surface area contributed by atoms with Crippen LogP contribution in [0.1, 0.15) is 12.3 Å². The third kappa shape index (κ3) is 2.45. The highest BCUT2D eigenvalue weighted by Gasteiger charge is 2.30. The van der Waals surface area contributed by atoms with Crippen molar-refractivity contribution >= 4 is 17.1 Å². The van der Waals surface area contributed by atoms with Gasteiger partial charge < -0.3 is 0 Å². The zero-order chi connectivity index (χ0) is 16.4. The van der Waals surface area contributed by atoms with E-state index in [1.54, 1.807) is 44.0 Å². The Kier molecular flexibility index (Phi) is 3.59. The van der Waals surface area contributed by atoms with Crippen LogP contribution in [-0.2, 0) is 0 Å². The lowest BCUT2D eigenvalue weighted by molar-refractivity contribution is 0.399. The molecule has 0 atom stereocenters. The van der Waals surface area contributed by atoms with Crippen molar-refractivity contribution in [3.63, 3.8) is 0 Å². The van der Waals surface area contributed by atoms with Crippen molar-refractivity contribution in [2.75, 3.05) is 0 Å². The molecule has 4 heterocycles. The molecule has 4 aromatic heterocycles. The normalized spacial score (nSPS) is 11.4. The molecule has 0 unspecified atom stereocenters. The van der Waals surface area contributed by atoms with Gasteiger partial charge in [0.1, 0.15) is 50.6 Å². The third-order valence-corrected chi connectivity index (χ3v) is 3.68. The fourth-order valence-electron chi connectivity index (χ4n) is 2.27. The Morgan fingerprint density at radius 1 is 0.583 bits per heavy atom. The molecule has 0 saturated carbocycles. The second kappa shape index (κ2) is 6.04. The molecule has 0 spiro atoms. The highest BCUT2D eigenvalue weighted by atomic mass is 32.1. The van der Waals surface area contributed by atoms with Crippen molar-refractivity contribution in [2.45, 2.75) is 12.3 Å². The maximum Gasteiger partial charge on any atom is 0.182 e. The maximum absolute atomic E-state index is 5.73. The van der Waals surface area contributed by atoms with E-state index in [1.807, 2.05) is 0 Å². The SMILES string of the molecule is S=C(C(n1cncn1)n1cncn1)C(n1cncn1)n1cncn1. The van der Waals surface area contributed by atoms with Gasteiger partial charge in [-0.25, -0.2) is 38.7 Å². The average Bonchev–Trinajstić information content (AvgIpc) is 3.38. The summed E-state index contributed by atoms with van der Waals surface area (Å²) in [5.41, 5.74) is 0. The summed E-state index contributed by atoms with van der Waals surface area (Å²) in [4.78, 5) is 16.4. The number of hydrogen-bond acceptors (Lipinski definition) is 9. The Bertz CT molecular complexity index is 736. The Balaban J connectivity index is 1.80. The molecule has 12 nitrogen and oxygen atoms in total. The number of rotatable bonds is 6. The lowest BCUT2D eigenvalue weighted by Crippen LogP contribution is -2.36. The molecule has 4 aromatic rings. The lowest BCUT2D eigenvalue weighted by atomic mass is 10.2. The molecule has 24 heavy (non-hydrogen) atoms. The van der Waals surface area contributed by atoms with Crippen molar-refractivity contribution in [3.05, 3.63) is 50.6 Å². The largest absolute Gasteiger partial charge is 0.223 e. The van der Waals surface area contributed by atoms with E-state index in [9.17, 15) is 0 Å². The van der Waals surface area contributed by atoms with Crippen LogP contribution in [0, 0.1) is 0 Å². The summed E-state index contributed by atoms with van der Waals surface area (Å²) in [5, 5.41) is 16.7. The molecule has 0 amide bonds. The molecule has 13 heteroatoms. The van der Waals surface area contributed by atoms with Gasteiger partial charge in [-0.15, -0.1) is 0 Å². The van der Waals surface area contributed by atoms with E-state index >= 15 is 0 Å². The predicted molar refractivity (Wildman–Crippen MR) is 81.6 cm³/mol. The van der Waals surface area contributed by atoms with Gasteiger partial charge in [-0.3, -0.25) is 0 Å². The van der Waals surface area contributed by atoms with Crippen LogP contribution >= 0.6 is 12.2 Å². The van der Waals surface area contributed by atoms with E-state index in [2.05, 4.69) is 40.3 Å². The molecule has 0 bridgehead atoms. The molecule has 0 aliphatic carbocycles. The summed E-state index contributed by atoms with van der Waals surface area (Å²) >= 11 is 5.73. The second-order valence-electron chi connectivity index (χ2n) is 4.65. The molecule has 0 aromatic carbocycles. The molecule has 0 N–H and O–H groups in total. The summed E-state index contributed by atoms with van der Waals surface area (Å²) < 4.78 is 6.32. The Labute approximate surface area is 139 Å².